The number of pyridine rings is 1. The van der Waals surface area contributed by atoms with E-state index in [-0.39, 0.29) is 9.33 Å². The van der Waals surface area contributed by atoms with Crippen LogP contribution < -0.4 is 0 Å². The fourth-order valence-corrected chi connectivity index (χ4v) is 4.98. The van der Waals surface area contributed by atoms with Gasteiger partial charge in [0.25, 0.3) is 5.97 Å². The molecule has 1 heterocycles. The van der Waals surface area contributed by atoms with Gasteiger partial charge in [0.15, 0.2) is 0 Å². The summed E-state index contributed by atoms with van der Waals surface area (Å²) in [5.74, 6) is -0.833. The smallest absolute Gasteiger partial charge is 0.300 e. The number of carboxylic acids is 1. The van der Waals surface area contributed by atoms with E-state index in [9.17, 15) is 5.11 Å². The van der Waals surface area contributed by atoms with Crippen molar-refractivity contribution in [2.24, 2.45) is 0 Å². The van der Waals surface area contributed by atoms with E-state index < -0.39 is 12.1 Å². The first-order valence-electron chi connectivity index (χ1n) is 7.87. The second kappa shape index (κ2) is 10.5. The molecule has 4 nitrogen and oxygen atoms in total. The Hall–Kier alpha value is -1.50. The molecule has 0 aliphatic rings. The van der Waals surface area contributed by atoms with Crippen molar-refractivity contribution >= 4 is 29.5 Å². The number of aliphatic hydroxyl groups excluding tert-OH is 1. The van der Waals surface area contributed by atoms with Crippen molar-refractivity contribution in [2.45, 2.75) is 48.2 Å². The SMILES string of the molecule is CC(=O)O.CC(C)(C)S[C@@H](Sc1ccccn1)[C@H](O)c1ccccc1. The van der Waals surface area contributed by atoms with Crippen LogP contribution in [0, 0.1) is 0 Å². The van der Waals surface area contributed by atoms with E-state index in [1.165, 1.54) is 0 Å². The van der Waals surface area contributed by atoms with Crippen LogP contribution in [0.2, 0.25) is 0 Å². The topological polar surface area (TPSA) is 70.4 Å². The van der Waals surface area contributed by atoms with Gasteiger partial charge in [-0.3, -0.25) is 4.79 Å². The van der Waals surface area contributed by atoms with Gasteiger partial charge in [-0.25, -0.2) is 4.98 Å². The molecular formula is C19H25NO3S2. The standard InChI is InChI=1S/C17H21NOS2.C2H4O2/c1-17(2,3)21-16(20-14-11-7-8-12-18-14)15(19)13-9-5-4-6-10-13;1-2(3)4/h4-12,15-16,19H,1-3H3;1H3,(H,3,4)/t15-,16-;/m1./s1. The van der Waals surface area contributed by atoms with Gasteiger partial charge in [-0.15, -0.1) is 11.8 Å². The molecule has 0 radical (unpaired) electrons. The van der Waals surface area contributed by atoms with Crippen LogP contribution in [0.15, 0.2) is 59.8 Å². The van der Waals surface area contributed by atoms with E-state index in [1.54, 1.807) is 29.7 Å². The summed E-state index contributed by atoms with van der Waals surface area (Å²) in [6.45, 7) is 7.59. The number of thioether (sulfide) groups is 2. The first-order valence-corrected chi connectivity index (χ1v) is 9.63. The molecule has 0 saturated heterocycles. The lowest BCUT2D eigenvalue weighted by Crippen LogP contribution is -2.19. The molecule has 0 saturated carbocycles. The van der Waals surface area contributed by atoms with Gasteiger partial charge in [0.1, 0.15) is 6.10 Å². The molecule has 25 heavy (non-hydrogen) atoms. The van der Waals surface area contributed by atoms with Crippen LogP contribution in [0.5, 0.6) is 0 Å². The van der Waals surface area contributed by atoms with Crippen LogP contribution in [0.3, 0.4) is 0 Å². The molecule has 2 rings (SSSR count). The van der Waals surface area contributed by atoms with Crippen LogP contribution in [0.4, 0.5) is 0 Å². The third-order valence-corrected chi connectivity index (χ3v) is 5.49. The van der Waals surface area contributed by atoms with Gasteiger partial charge < -0.3 is 10.2 Å². The maximum absolute atomic E-state index is 10.7. The number of hydrogen-bond acceptors (Lipinski definition) is 5. The highest BCUT2D eigenvalue weighted by atomic mass is 32.2. The van der Waals surface area contributed by atoms with Crippen LogP contribution in [0.25, 0.3) is 0 Å². The second-order valence-corrected chi connectivity index (χ2v) is 9.69. The van der Waals surface area contributed by atoms with E-state index >= 15 is 0 Å². The van der Waals surface area contributed by atoms with Gasteiger partial charge in [0.2, 0.25) is 0 Å². The zero-order valence-corrected chi connectivity index (χ0v) is 16.6. The molecule has 2 N–H and O–H groups in total. The number of hydrogen-bond donors (Lipinski definition) is 2. The average molecular weight is 380 g/mol. The first-order chi connectivity index (χ1) is 11.7. The van der Waals surface area contributed by atoms with Crippen molar-refractivity contribution < 1.29 is 15.0 Å². The third-order valence-electron chi connectivity index (χ3n) is 2.74. The van der Waals surface area contributed by atoms with Crippen LogP contribution in [-0.2, 0) is 4.79 Å². The number of carboxylic acid groups (broad SMARTS) is 1. The monoisotopic (exact) mass is 379 g/mol. The minimum absolute atomic E-state index is 0.00213. The summed E-state index contributed by atoms with van der Waals surface area (Å²) in [6, 6.07) is 15.7. The van der Waals surface area contributed by atoms with Crippen molar-refractivity contribution in [1.82, 2.24) is 4.98 Å². The molecule has 0 spiro atoms. The fraction of sp³-hybridized carbons (Fsp3) is 0.368. The minimum atomic E-state index is -0.833. The normalized spacial score (nSPS) is 13.3. The Kier molecular flexibility index (Phi) is 9.03. The Morgan fingerprint density at radius 3 is 2.12 bits per heavy atom. The third kappa shape index (κ3) is 9.53. The lowest BCUT2D eigenvalue weighted by Gasteiger charge is -2.28. The summed E-state index contributed by atoms with van der Waals surface area (Å²) in [7, 11) is 0. The van der Waals surface area contributed by atoms with Crippen LogP contribution in [0.1, 0.15) is 39.4 Å². The van der Waals surface area contributed by atoms with Crippen molar-refractivity contribution in [1.29, 1.82) is 0 Å². The van der Waals surface area contributed by atoms with Crippen molar-refractivity contribution in [3.8, 4) is 0 Å². The van der Waals surface area contributed by atoms with Crippen LogP contribution in [-0.4, -0.2) is 30.5 Å². The Labute approximate surface area is 158 Å². The van der Waals surface area contributed by atoms with Gasteiger partial charge in [0, 0.05) is 17.9 Å². The molecule has 0 amide bonds. The minimum Gasteiger partial charge on any atom is -0.481 e. The predicted molar refractivity (Wildman–Crippen MR) is 106 cm³/mol. The van der Waals surface area contributed by atoms with Crippen molar-refractivity contribution in [3.63, 3.8) is 0 Å². The van der Waals surface area contributed by atoms with Crippen LogP contribution >= 0.6 is 23.5 Å². The van der Waals surface area contributed by atoms with Crippen molar-refractivity contribution in [2.75, 3.05) is 0 Å². The predicted octanol–water partition coefficient (Wildman–Crippen LogP) is 4.86. The average Bonchev–Trinajstić information content (AvgIpc) is 2.53. The molecule has 0 aliphatic heterocycles. The van der Waals surface area contributed by atoms with E-state index in [1.807, 2.05) is 48.5 Å². The summed E-state index contributed by atoms with van der Waals surface area (Å²) >= 11 is 3.39. The van der Waals surface area contributed by atoms with Gasteiger partial charge in [-0.05, 0) is 17.7 Å². The zero-order valence-electron chi connectivity index (χ0n) is 14.9. The first kappa shape index (κ1) is 21.5. The Balaban J connectivity index is 0.000000705. The largest absolute Gasteiger partial charge is 0.481 e. The summed E-state index contributed by atoms with van der Waals surface area (Å²) in [5, 5.41) is 19.1. The number of carbonyl (C=O) groups is 1. The Bertz CT molecular complexity index is 626. The highest BCUT2D eigenvalue weighted by Gasteiger charge is 2.28. The molecule has 6 heteroatoms. The van der Waals surface area contributed by atoms with E-state index in [0.717, 1.165) is 17.5 Å². The molecule has 0 aliphatic carbocycles. The number of benzene rings is 1. The molecule has 2 atom stereocenters. The number of rotatable bonds is 5. The maximum atomic E-state index is 10.7. The lowest BCUT2D eigenvalue weighted by molar-refractivity contribution is -0.134. The molecule has 0 bridgehead atoms. The number of aliphatic carboxylic acids is 1. The molecule has 1 aromatic carbocycles. The molecule has 1 aromatic heterocycles. The van der Waals surface area contributed by atoms with Gasteiger partial charge >= 0.3 is 0 Å². The number of aromatic nitrogens is 1. The Morgan fingerprint density at radius 1 is 1.08 bits per heavy atom. The highest BCUT2D eigenvalue weighted by molar-refractivity contribution is 8.17. The summed E-state index contributed by atoms with van der Waals surface area (Å²) in [4.78, 5) is 13.4. The molecule has 0 unspecified atom stereocenters. The van der Waals surface area contributed by atoms with Gasteiger partial charge in [-0.2, -0.15) is 0 Å². The van der Waals surface area contributed by atoms with Crippen molar-refractivity contribution in [3.05, 3.63) is 60.3 Å². The summed E-state index contributed by atoms with van der Waals surface area (Å²) in [5.41, 5.74) is 0.947. The fourth-order valence-electron chi connectivity index (χ4n) is 1.84. The summed E-state index contributed by atoms with van der Waals surface area (Å²) < 4.78 is 0.0738. The van der Waals surface area contributed by atoms with E-state index in [4.69, 9.17) is 9.90 Å². The Morgan fingerprint density at radius 2 is 1.64 bits per heavy atom. The highest BCUT2D eigenvalue weighted by Crippen LogP contribution is 2.43. The molecule has 0 fully saturated rings. The number of nitrogens with zero attached hydrogens (tertiary/aromatic N) is 1. The number of aliphatic hydroxyl groups is 1. The molecule has 136 valence electrons. The summed E-state index contributed by atoms with van der Waals surface area (Å²) in [6.07, 6.45) is 1.26. The van der Waals surface area contributed by atoms with Gasteiger partial charge in [0.05, 0.1) is 9.61 Å². The maximum Gasteiger partial charge on any atom is 0.300 e. The lowest BCUT2D eigenvalue weighted by atomic mass is 10.1. The molecule has 2 aromatic rings. The quantitative estimate of drug-likeness (QED) is 0.571. The van der Waals surface area contributed by atoms with E-state index in [0.29, 0.717) is 0 Å². The van der Waals surface area contributed by atoms with E-state index in [2.05, 4.69) is 25.8 Å². The zero-order chi connectivity index (χ0) is 18.9. The molecular weight excluding hydrogens is 354 g/mol. The second-order valence-electron chi connectivity index (χ2n) is 6.26. The van der Waals surface area contributed by atoms with Gasteiger partial charge in [-0.1, -0.05) is 68.9 Å².